The Bertz CT molecular complexity index is 379. The quantitative estimate of drug-likeness (QED) is 0.720. The van der Waals surface area contributed by atoms with Crippen LogP contribution >= 0.6 is 0 Å². The molecule has 0 spiro atoms. The van der Waals surface area contributed by atoms with Crippen LogP contribution in [0.2, 0.25) is 0 Å². The molecule has 1 aromatic heterocycles. The third-order valence-corrected chi connectivity index (χ3v) is 2.46. The molecule has 0 fully saturated rings. The number of carbonyl (C=O) groups is 2. The van der Waals surface area contributed by atoms with Crippen molar-refractivity contribution in [2.75, 3.05) is 0 Å². The molecular formula is C10H13NO3. The second-order valence-electron chi connectivity index (χ2n) is 3.38. The molecule has 0 saturated carbocycles. The smallest absolute Gasteiger partial charge is 0.312 e. The van der Waals surface area contributed by atoms with Crippen molar-refractivity contribution in [1.82, 2.24) is 4.98 Å². The number of aliphatic carboxylic acids is 1. The Labute approximate surface area is 81.9 Å². The molecular weight excluding hydrogens is 182 g/mol. The van der Waals surface area contributed by atoms with Gasteiger partial charge < -0.3 is 10.1 Å². The predicted molar refractivity (Wildman–Crippen MR) is 51.7 cm³/mol. The fraction of sp³-hybridized carbons (Fsp3) is 0.400. The summed E-state index contributed by atoms with van der Waals surface area (Å²) >= 11 is 0. The van der Waals surface area contributed by atoms with E-state index in [1.165, 1.54) is 0 Å². The molecule has 4 heteroatoms. The molecule has 0 aliphatic heterocycles. The maximum atomic E-state index is 10.8. The second kappa shape index (κ2) is 3.65. The molecule has 1 aromatic rings. The zero-order valence-electron chi connectivity index (χ0n) is 8.42. The molecule has 0 radical (unpaired) electrons. The van der Waals surface area contributed by atoms with E-state index in [9.17, 15) is 9.59 Å². The molecule has 0 amide bonds. The van der Waals surface area contributed by atoms with Crippen LogP contribution in [0, 0.1) is 13.8 Å². The van der Waals surface area contributed by atoms with E-state index in [1.54, 1.807) is 20.8 Å². The van der Waals surface area contributed by atoms with Crippen molar-refractivity contribution in [3.63, 3.8) is 0 Å². The van der Waals surface area contributed by atoms with Gasteiger partial charge in [0.15, 0.2) is 6.29 Å². The van der Waals surface area contributed by atoms with Crippen molar-refractivity contribution in [2.45, 2.75) is 26.7 Å². The van der Waals surface area contributed by atoms with Gasteiger partial charge in [0, 0.05) is 17.0 Å². The molecule has 4 nitrogen and oxygen atoms in total. The van der Waals surface area contributed by atoms with Gasteiger partial charge in [0.2, 0.25) is 0 Å². The van der Waals surface area contributed by atoms with Gasteiger partial charge in [-0.2, -0.15) is 0 Å². The third-order valence-electron chi connectivity index (χ3n) is 2.46. The lowest BCUT2D eigenvalue weighted by Gasteiger charge is -2.04. The summed E-state index contributed by atoms with van der Waals surface area (Å²) in [6.45, 7) is 5.10. The lowest BCUT2D eigenvalue weighted by atomic mass is 10.0. The average Bonchev–Trinajstić information content (AvgIpc) is 2.40. The average molecular weight is 195 g/mol. The van der Waals surface area contributed by atoms with Gasteiger partial charge in [0.25, 0.3) is 0 Å². The Kier molecular flexibility index (Phi) is 2.74. The summed E-state index contributed by atoms with van der Waals surface area (Å²) < 4.78 is 0. The number of carbonyl (C=O) groups excluding carboxylic acids is 1. The van der Waals surface area contributed by atoms with Crippen molar-refractivity contribution >= 4 is 12.3 Å². The number of aryl methyl sites for hydroxylation is 1. The van der Waals surface area contributed by atoms with E-state index in [1.807, 2.05) is 0 Å². The summed E-state index contributed by atoms with van der Waals surface area (Å²) in [6, 6.07) is 0. The first-order chi connectivity index (χ1) is 6.49. The summed E-state index contributed by atoms with van der Waals surface area (Å²) in [5.41, 5.74) is 2.62. The van der Waals surface area contributed by atoms with E-state index in [4.69, 9.17) is 5.11 Å². The summed E-state index contributed by atoms with van der Waals surface area (Å²) in [5.74, 6) is -1.51. The fourth-order valence-electron chi connectivity index (χ4n) is 1.52. The first-order valence-corrected chi connectivity index (χ1v) is 4.36. The van der Waals surface area contributed by atoms with Gasteiger partial charge in [-0.05, 0) is 26.3 Å². The zero-order chi connectivity index (χ0) is 10.9. The van der Waals surface area contributed by atoms with E-state index in [0.717, 1.165) is 17.5 Å². The van der Waals surface area contributed by atoms with Crippen LogP contribution < -0.4 is 0 Å². The zero-order valence-corrected chi connectivity index (χ0v) is 8.42. The highest BCUT2D eigenvalue weighted by atomic mass is 16.4. The van der Waals surface area contributed by atoms with Crippen LogP contribution in [-0.2, 0) is 4.79 Å². The predicted octanol–water partition coefficient (Wildman–Crippen LogP) is 1.63. The monoisotopic (exact) mass is 195 g/mol. The van der Waals surface area contributed by atoms with Crippen LogP contribution in [0.15, 0.2) is 0 Å². The van der Waals surface area contributed by atoms with Crippen molar-refractivity contribution in [1.29, 1.82) is 0 Å². The van der Waals surface area contributed by atoms with Crippen molar-refractivity contribution < 1.29 is 14.7 Å². The molecule has 0 bridgehead atoms. The molecule has 1 rings (SSSR count). The number of H-pyrrole nitrogens is 1. The molecule has 14 heavy (non-hydrogen) atoms. The molecule has 1 heterocycles. The Hall–Kier alpha value is -1.58. The number of aromatic nitrogens is 1. The van der Waals surface area contributed by atoms with Crippen molar-refractivity contribution in [3.8, 4) is 0 Å². The third kappa shape index (κ3) is 1.55. The molecule has 0 aromatic carbocycles. The van der Waals surface area contributed by atoms with Crippen LogP contribution in [0.3, 0.4) is 0 Å². The van der Waals surface area contributed by atoms with Crippen LogP contribution in [0.1, 0.15) is 40.2 Å². The first kappa shape index (κ1) is 10.5. The molecule has 76 valence electrons. The molecule has 0 aliphatic carbocycles. The number of aromatic amines is 1. The number of hydrogen-bond donors (Lipinski definition) is 2. The standard InChI is InChI=1S/C10H13NO3/c1-5-8(4-12)7(3)11-9(5)6(2)10(13)14/h4,6,11H,1-3H3,(H,13,14). The number of nitrogens with one attached hydrogen (secondary N) is 1. The van der Waals surface area contributed by atoms with E-state index in [0.29, 0.717) is 11.3 Å². The van der Waals surface area contributed by atoms with Crippen molar-refractivity contribution in [2.24, 2.45) is 0 Å². The van der Waals surface area contributed by atoms with Crippen molar-refractivity contribution in [3.05, 3.63) is 22.5 Å². The highest BCUT2D eigenvalue weighted by Crippen LogP contribution is 2.23. The van der Waals surface area contributed by atoms with Crippen LogP contribution in [0.5, 0.6) is 0 Å². The van der Waals surface area contributed by atoms with E-state index in [-0.39, 0.29) is 0 Å². The van der Waals surface area contributed by atoms with Gasteiger partial charge in [-0.1, -0.05) is 0 Å². The van der Waals surface area contributed by atoms with Gasteiger partial charge in [-0.3, -0.25) is 9.59 Å². The normalized spacial score (nSPS) is 12.5. The summed E-state index contributed by atoms with van der Waals surface area (Å²) in [7, 11) is 0. The van der Waals surface area contributed by atoms with Gasteiger partial charge in [0.1, 0.15) is 0 Å². The Balaban J connectivity index is 3.23. The summed E-state index contributed by atoms with van der Waals surface area (Å²) in [4.78, 5) is 24.4. The lowest BCUT2D eigenvalue weighted by Crippen LogP contribution is -2.09. The van der Waals surface area contributed by atoms with Crippen LogP contribution in [-0.4, -0.2) is 22.3 Å². The van der Waals surface area contributed by atoms with E-state index < -0.39 is 11.9 Å². The second-order valence-corrected chi connectivity index (χ2v) is 3.38. The molecule has 0 saturated heterocycles. The Morgan fingerprint density at radius 2 is 2.07 bits per heavy atom. The van der Waals surface area contributed by atoms with Gasteiger partial charge in [-0.15, -0.1) is 0 Å². The minimum atomic E-state index is -0.896. The molecule has 1 unspecified atom stereocenters. The maximum Gasteiger partial charge on any atom is 0.312 e. The first-order valence-electron chi connectivity index (χ1n) is 4.36. The van der Waals surface area contributed by atoms with Gasteiger partial charge in [0.05, 0.1) is 5.92 Å². The minimum absolute atomic E-state index is 0.563. The Morgan fingerprint density at radius 3 is 2.43 bits per heavy atom. The minimum Gasteiger partial charge on any atom is -0.481 e. The summed E-state index contributed by atoms with van der Waals surface area (Å²) in [6.07, 6.45) is 0.749. The largest absolute Gasteiger partial charge is 0.481 e. The summed E-state index contributed by atoms with van der Waals surface area (Å²) in [5, 5.41) is 8.82. The molecule has 1 atom stereocenters. The number of rotatable bonds is 3. The van der Waals surface area contributed by atoms with Gasteiger partial charge in [-0.25, -0.2) is 0 Å². The van der Waals surface area contributed by atoms with Crippen LogP contribution in [0.25, 0.3) is 0 Å². The van der Waals surface area contributed by atoms with Gasteiger partial charge >= 0.3 is 5.97 Å². The number of carboxylic acids is 1. The number of carboxylic acid groups (broad SMARTS) is 1. The topological polar surface area (TPSA) is 70.2 Å². The lowest BCUT2D eigenvalue weighted by molar-refractivity contribution is -0.138. The highest BCUT2D eigenvalue weighted by Gasteiger charge is 2.20. The SMILES string of the molecule is Cc1[nH]c(C(C)C(=O)O)c(C)c1C=O. The Morgan fingerprint density at radius 1 is 1.50 bits per heavy atom. The number of hydrogen-bond acceptors (Lipinski definition) is 2. The fourth-order valence-corrected chi connectivity index (χ4v) is 1.52. The highest BCUT2D eigenvalue weighted by molar-refractivity contribution is 5.82. The molecule has 0 aliphatic rings. The molecule has 2 N–H and O–H groups in total. The van der Waals surface area contributed by atoms with Crippen LogP contribution in [0.4, 0.5) is 0 Å². The van der Waals surface area contributed by atoms with E-state index >= 15 is 0 Å². The number of aldehydes is 1. The maximum absolute atomic E-state index is 10.8. The van der Waals surface area contributed by atoms with E-state index in [2.05, 4.69) is 4.98 Å².